The third kappa shape index (κ3) is 3.66. The van der Waals surface area contributed by atoms with E-state index in [4.69, 9.17) is 4.74 Å². The number of rotatable bonds is 3. The van der Waals surface area contributed by atoms with Gasteiger partial charge >= 0.3 is 0 Å². The summed E-state index contributed by atoms with van der Waals surface area (Å²) >= 11 is 0. The number of hydrogen-bond donors (Lipinski definition) is 1. The van der Waals surface area contributed by atoms with E-state index < -0.39 is 0 Å². The van der Waals surface area contributed by atoms with Gasteiger partial charge in [0.2, 0.25) is 0 Å². The molecule has 1 amide bonds. The number of nitrogens with zero attached hydrogens (tertiary/aromatic N) is 2. The van der Waals surface area contributed by atoms with Crippen LogP contribution in [0.5, 0.6) is 0 Å². The Labute approximate surface area is 132 Å². The quantitative estimate of drug-likeness (QED) is 0.893. The molecule has 22 heavy (non-hydrogen) atoms. The first-order valence-electron chi connectivity index (χ1n) is 8.13. The maximum Gasteiger partial charge on any atom is 0.253 e. The summed E-state index contributed by atoms with van der Waals surface area (Å²) < 4.78 is 5.76. The largest absolute Gasteiger partial charge is 0.366 e. The van der Waals surface area contributed by atoms with Crippen molar-refractivity contribution in [2.75, 3.05) is 39.3 Å². The van der Waals surface area contributed by atoms with Crippen LogP contribution in [0.2, 0.25) is 0 Å². The summed E-state index contributed by atoms with van der Waals surface area (Å²) in [4.78, 5) is 17.0. The molecule has 2 aliphatic heterocycles. The van der Waals surface area contributed by atoms with Gasteiger partial charge in [-0.25, -0.2) is 0 Å². The Kier molecular flexibility index (Phi) is 5.08. The molecule has 0 spiro atoms. The van der Waals surface area contributed by atoms with E-state index in [1.54, 1.807) is 0 Å². The third-order valence-corrected chi connectivity index (χ3v) is 4.46. The van der Waals surface area contributed by atoms with Gasteiger partial charge < -0.3 is 15.0 Å². The van der Waals surface area contributed by atoms with Gasteiger partial charge in [-0.2, -0.15) is 0 Å². The van der Waals surface area contributed by atoms with Gasteiger partial charge in [0.15, 0.2) is 0 Å². The van der Waals surface area contributed by atoms with Gasteiger partial charge in [-0.3, -0.25) is 9.69 Å². The van der Waals surface area contributed by atoms with Gasteiger partial charge in [0.05, 0.1) is 6.61 Å². The number of piperazine rings is 1. The van der Waals surface area contributed by atoms with Gasteiger partial charge in [-0.05, 0) is 12.5 Å². The lowest BCUT2D eigenvalue weighted by Gasteiger charge is -2.39. The van der Waals surface area contributed by atoms with Crippen molar-refractivity contribution in [2.24, 2.45) is 0 Å². The van der Waals surface area contributed by atoms with E-state index in [1.165, 1.54) is 5.56 Å². The van der Waals surface area contributed by atoms with Crippen LogP contribution in [0.25, 0.3) is 0 Å². The van der Waals surface area contributed by atoms with Crippen molar-refractivity contribution in [3.05, 3.63) is 35.9 Å². The van der Waals surface area contributed by atoms with Crippen LogP contribution in [0.15, 0.2) is 30.3 Å². The zero-order valence-electron chi connectivity index (χ0n) is 13.2. The second-order valence-corrected chi connectivity index (χ2v) is 6.16. The van der Waals surface area contributed by atoms with Crippen LogP contribution in [0.4, 0.5) is 0 Å². The summed E-state index contributed by atoms with van der Waals surface area (Å²) in [6.45, 7) is 7.69. The molecule has 0 aromatic heterocycles. The first-order chi connectivity index (χ1) is 10.7. The van der Waals surface area contributed by atoms with Crippen molar-refractivity contribution < 1.29 is 9.53 Å². The molecule has 3 rings (SSSR count). The molecule has 0 aliphatic carbocycles. The predicted octanol–water partition coefficient (Wildman–Crippen LogP) is 0.708. The molecule has 1 aromatic carbocycles. The fraction of sp³-hybridized carbons (Fsp3) is 0.588. The van der Waals surface area contributed by atoms with Crippen molar-refractivity contribution in [1.82, 2.24) is 15.1 Å². The van der Waals surface area contributed by atoms with E-state index in [2.05, 4.69) is 41.4 Å². The minimum atomic E-state index is -0.321. The van der Waals surface area contributed by atoms with Gasteiger partial charge in [0.1, 0.15) is 6.10 Å². The highest BCUT2D eigenvalue weighted by molar-refractivity contribution is 5.81. The summed E-state index contributed by atoms with van der Waals surface area (Å²) in [5, 5.41) is 3.32. The highest BCUT2D eigenvalue weighted by atomic mass is 16.5. The lowest BCUT2D eigenvalue weighted by Crippen LogP contribution is -2.58. The molecule has 2 atom stereocenters. The topological polar surface area (TPSA) is 44.8 Å². The highest BCUT2D eigenvalue weighted by Gasteiger charge is 2.33. The fourth-order valence-electron chi connectivity index (χ4n) is 3.19. The minimum Gasteiger partial charge on any atom is -0.366 e. The summed E-state index contributed by atoms with van der Waals surface area (Å²) in [5.41, 5.74) is 1.28. The molecular weight excluding hydrogens is 278 g/mol. The first-order valence-corrected chi connectivity index (χ1v) is 8.13. The number of hydrogen-bond acceptors (Lipinski definition) is 4. The van der Waals surface area contributed by atoms with Crippen LogP contribution in [0.3, 0.4) is 0 Å². The Hall–Kier alpha value is -1.43. The van der Waals surface area contributed by atoms with Crippen molar-refractivity contribution in [3.63, 3.8) is 0 Å². The number of carbonyl (C=O) groups is 1. The Morgan fingerprint density at radius 1 is 1.32 bits per heavy atom. The highest BCUT2D eigenvalue weighted by Crippen LogP contribution is 2.14. The van der Waals surface area contributed by atoms with Crippen LogP contribution < -0.4 is 5.32 Å². The Bertz CT molecular complexity index is 494. The van der Waals surface area contributed by atoms with E-state index in [0.29, 0.717) is 13.2 Å². The molecule has 120 valence electrons. The Balaban J connectivity index is 1.59. The number of carbonyl (C=O) groups excluding carboxylic acids is 1. The molecule has 0 bridgehead atoms. The lowest BCUT2D eigenvalue weighted by atomic mass is 10.1. The number of benzene rings is 1. The maximum atomic E-state index is 12.7. The van der Waals surface area contributed by atoms with Crippen molar-refractivity contribution in [1.29, 1.82) is 0 Å². The smallest absolute Gasteiger partial charge is 0.253 e. The molecule has 2 saturated heterocycles. The van der Waals surface area contributed by atoms with E-state index in [1.807, 2.05) is 11.0 Å². The minimum absolute atomic E-state index is 0.145. The van der Waals surface area contributed by atoms with Crippen LogP contribution in [0, 0.1) is 0 Å². The average molecular weight is 303 g/mol. The van der Waals surface area contributed by atoms with Crippen molar-refractivity contribution in [2.45, 2.75) is 25.6 Å². The number of amides is 1. The first kappa shape index (κ1) is 15.5. The van der Waals surface area contributed by atoms with E-state index in [9.17, 15) is 4.79 Å². The summed E-state index contributed by atoms with van der Waals surface area (Å²) in [6.07, 6.45) is -0.321. The summed E-state index contributed by atoms with van der Waals surface area (Å²) in [5.74, 6) is 0.145. The van der Waals surface area contributed by atoms with E-state index in [0.717, 1.165) is 32.7 Å². The molecule has 0 radical (unpaired) electrons. The molecule has 2 fully saturated rings. The van der Waals surface area contributed by atoms with Gasteiger partial charge in [0.25, 0.3) is 5.91 Å². The summed E-state index contributed by atoms with van der Waals surface area (Å²) in [7, 11) is 0. The predicted molar refractivity (Wildman–Crippen MR) is 85.5 cm³/mol. The Morgan fingerprint density at radius 3 is 2.91 bits per heavy atom. The van der Waals surface area contributed by atoms with Crippen LogP contribution in [-0.4, -0.2) is 67.2 Å². The molecule has 5 heteroatoms. The second kappa shape index (κ2) is 7.22. The van der Waals surface area contributed by atoms with Gasteiger partial charge in [-0.15, -0.1) is 0 Å². The standard InChI is InChI=1S/C17H25N3O2/c1-14-11-18-7-8-20(14)17(21)16-13-19(9-10-22-16)12-15-5-3-2-4-6-15/h2-6,14,16,18H,7-13H2,1H3/t14-,16-/m1/s1. The number of nitrogens with one attached hydrogen (secondary N) is 1. The Morgan fingerprint density at radius 2 is 2.14 bits per heavy atom. The van der Waals surface area contributed by atoms with Gasteiger partial charge in [0, 0.05) is 45.3 Å². The molecule has 2 aliphatic rings. The second-order valence-electron chi connectivity index (χ2n) is 6.16. The zero-order valence-corrected chi connectivity index (χ0v) is 13.2. The van der Waals surface area contributed by atoms with Crippen LogP contribution in [-0.2, 0) is 16.1 Å². The third-order valence-electron chi connectivity index (χ3n) is 4.46. The molecule has 2 heterocycles. The van der Waals surface area contributed by atoms with Crippen molar-refractivity contribution in [3.8, 4) is 0 Å². The maximum absolute atomic E-state index is 12.7. The van der Waals surface area contributed by atoms with Crippen molar-refractivity contribution >= 4 is 5.91 Å². The molecular formula is C17H25N3O2. The number of morpholine rings is 1. The SMILES string of the molecule is C[C@@H]1CNCCN1C(=O)[C@H]1CN(Cc2ccccc2)CCO1. The number of ether oxygens (including phenoxy) is 1. The van der Waals surface area contributed by atoms with Crippen LogP contribution >= 0.6 is 0 Å². The van der Waals surface area contributed by atoms with Gasteiger partial charge in [-0.1, -0.05) is 30.3 Å². The monoisotopic (exact) mass is 303 g/mol. The average Bonchev–Trinajstić information content (AvgIpc) is 2.56. The van der Waals surface area contributed by atoms with Crippen LogP contribution in [0.1, 0.15) is 12.5 Å². The molecule has 0 unspecified atom stereocenters. The molecule has 0 saturated carbocycles. The zero-order chi connectivity index (χ0) is 15.4. The fourth-order valence-corrected chi connectivity index (χ4v) is 3.19. The van der Waals surface area contributed by atoms with E-state index >= 15 is 0 Å². The summed E-state index contributed by atoms with van der Waals surface area (Å²) in [6, 6.07) is 10.6. The molecule has 5 nitrogen and oxygen atoms in total. The van der Waals surface area contributed by atoms with E-state index in [-0.39, 0.29) is 18.1 Å². The molecule has 1 N–H and O–H groups in total. The lowest BCUT2D eigenvalue weighted by molar-refractivity contribution is -0.152. The normalized spacial score (nSPS) is 26.9. The molecule has 1 aromatic rings.